The molecule has 31 heavy (non-hydrogen) atoms. The summed E-state index contributed by atoms with van der Waals surface area (Å²) >= 11 is 5.78. The zero-order chi connectivity index (χ0) is 22.0. The van der Waals surface area contributed by atoms with E-state index in [1.54, 1.807) is 36.4 Å². The predicted molar refractivity (Wildman–Crippen MR) is 115 cm³/mol. The van der Waals surface area contributed by atoms with Gasteiger partial charge in [-0.25, -0.2) is 9.37 Å². The summed E-state index contributed by atoms with van der Waals surface area (Å²) in [5, 5.41) is 13.7. The molecule has 0 aliphatic rings. The maximum atomic E-state index is 13.4. The second-order valence-electron chi connectivity index (χ2n) is 6.50. The molecule has 4 aromatic rings. The Labute approximate surface area is 179 Å². The van der Waals surface area contributed by atoms with Crippen molar-refractivity contribution in [1.82, 2.24) is 4.98 Å². The van der Waals surface area contributed by atoms with Gasteiger partial charge in [-0.3, -0.25) is 14.9 Å². The third kappa shape index (κ3) is 4.59. The molecular weight excluding hydrogens is 425 g/mol. The van der Waals surface area contributed by atoms with E-state index in [1.165, 1.54) is 36.4 Å². The second-order valence-corrected chi connectivity index (χ2v) is 6.91. The minimum absolute atomic E-state index is 0.0186. The minimum Gasteiger partial charge on any atom is -0.436 e. The van der Waals surface area contributed by atoms with E-state index in [9.17, 15) is 19.3 Å². The highest BCUT2D eigenvalue weighted by Crippen LogP contribution is 2.27. The first-order valence-electron chi connectivity index (χ1n) is 8.98. The lowest BCUT2D eigenvalue weighted by atomic mass is 10.2. The van der Waals surface area contributed by atoms with E-state index in [4.69, 9.17) is 16.0 Å². The molecule has 0 atom stereocenters. The standard InChI is InChI=1S/C22H13ClFN3O4/c23-17-7-4-13(10-19(17)27(29)30)5-9-21(28)25-16-6-8-20-18(12-16)26-22(31-20)14-2-1-3-15(24)11-14/h1-12H,(H,25,28). The molecule has 3 aromatic carbocycles. The number of nitro benzene ring substituents is 1. The number of hydrogen-bond donors (Lipinski definition) is 1. The Morgan fingerprint density at radius 2 is 2.00 bits per heavy atom. The predicted octanol–water partition coefficient (Wildman–Crippen LogP) is 5.85. The van der Waals surface area contributed by atoms with Gasteiger partial charge in [0.25, 0.3) is 5.69 Å². The minimum atomic E-state index is -0.592. The zero-order valence-corrected chi connectivity index (χ0v) is 16.5. The van der Waals surface area contributed by atoms with Crippen molar-refractivity contribution in [2.45, 2.75) is 0 Å². The highest BCUT2D eigenvalue weighted by atomic mass is 35.5. The monoisotopic (exact) mass is 437 g/mol. The first kappa shape index (κ1) is 20.2. The number of nitrogens with zero attached hydrogens (tertiary/aromatic N) is 2. The van der Waals surface area contributed by atoms with Crippen LogP contribution in [0.2, 0.25) is 5.02 Å². The highest BCUT2D eigenvalue weighted by molar-refractivity contribution is 6.32. The molecule has 0 unspecified atom stereocenters. The summed E-state index contributed by atoms with van der Waals surface area (Å²) in [5.41, 5.74) is 2.17. The summed E-state index contributed by atoms with van der Waals surface area (Å²) in [4.78, 5) is 26.9. The molecule has 1 amide bonds. The van der Waals surface area contributed by atoms with Crippen molar-refractivity contribution in [3.8, 4) is 11.5 Å². The Hall–Kier alpha value is -4.04. The number of carbonyl (C=O) groups excluding carboxylic acids is 1. The number of halogens is 2. The van der Waals surface area contributed by atoms with E-state index < -0.39 is 16.6 Å². The van der Waals surface area contributed by atoms with Crippen molar-refractivity contribution in [3.63, 3.8) is 0 Å². The van der Waals surface area contributed by atoms with E-state index in [0.29, 0.717) is 27.9 Å². The first-order chi connectivity index (χ1) is 14.9. The summed E-state index contributed by atoms with van der Waals surface area (Å²) < 4.78 is 19.1. The van der Waals surface area contributed by atoms with Crippen molar-refractivity contribution >= 4 is 46.1 Å². The number of benzene rings is 3. The van der Waals surface area contributed by atoms with Gasteiger partial charge in [0.1, 0.15) is 16.4 Å². The van der Waals surface area contributed by atoms with Crippen molar-refractivity contribution in [3.05, 3.63) is 93.3 Å². The van der Waals surface area contributed by atoms with Gasteiger partial charge in [0.2, 0.25) is 11.8 Å². The maximum absolute atomic E-state index is 13.4. The molecule has 0 fully saturated rings. The Kier molecular flexibility index (Phi) is 5.46. The first-order valence-corrected chi connectivity index (χ1v) is 9.36. The van der Waals surface area contributed by atoms with Crippen molar-refractivity contribution < 1.29 is 18.5 Å². The van der Waals surface area contributed by atoms with Crippen molar-refractivity contribution in [2.24, 2.45) is 0 Å². The van der Waals surface area contributed by atoms with E-state index in [0.717, 1.165) is 0 Å². The molecule has 0 aliphatic carbocycles. The van der Waals surface area contributed by atoms with Crippen LogP contribution < -0.4 is 5.32 Å². The molecule has 0 bridgehead atoms. The number of oxazole rings is 1. The lowest BCUT2D eigenvalue weighted by Crippen LogP contribution is -2.07. The number of amides is 1. The van der Waals surface area contributed by atoms with Crippen LogP contribution >= 0.6 is 11.6 Å². The van der Waals surface area contributed by atoms with Gasteiger partial charge in [-0.1, -0.05) is 23.7 Å². The van der Waals surface area contributed by atoms with Crippen molar-refractivity contribution in [2.75, 3.05) is 5.32 Å². The number of nitro groups is 1. The number of carbonyl (C=O) groups is 1. The van der Waals surface area contributed by atoms with Gasteiger partial charge >= 0.3 is 0 Å². The van der Waals surface area contributed by atoms with Gasteiger partial charge in [0.05, 0.1) is 4.92 Å². The van der Waals surface area contributed by atoms with Gasteiger partial charge in [-0.15, -0.1) is 0 Å². The Morgan fingerprint density at radius 3 is 2.77 bits per heavy atom. The number of fused-ring (bicyclic) bond motifs is 1. The summed E-state index contributed by atoms with van der Waals surface area (Å²) in [6.07, 6.45) is 2.69. The van der Waals surface area contributed by atoms with E-state index >= 15 is 0 Å². The summed E-state index contributed by atoms with van der Waals surface area (Å²) in [6.45, 7) is 0. The summed E-state index contributed by atoms with van der Waals surface area (Å²) in [5.74, 6) is -0.571. The van der Waals surface area contributed by atoms with Crippen molar-refractivity contribution in [1.29, 1.82) is 0 Å². The fourth-order valence-electron chi connectivity index (χ4n) is 2.88. The molecule has 1 N–H and O–H groups in total. The average Bonchev–Trinajstić information content (AvgIpc) is 3.16. The fraction of sp³-hybridized carbons (Fsp3) is 0. The Morgan fingerprint density at radius 1 is 1.16 bits per heavy atom. The molecule has 0 saturated heterocycles. The van der Waals surface area contributed by atoms with E-state index in [-0.39, 0.29) is 16.6 Å². The fourth-order valence-corrected chi connectivity index (χ4v) is 3.07. The Balaban J connectivity index is 1.50. The third-order valence-electron chi connectivity index (χ3n) is 4.32. The second kappa shape index (κ2) is 8.37. The maximum Gasteiger partial charge on any atom is 0.288 e. The molecule has 0 spiro atoms. The van der Waals surface area contributed by atoms with Crippen LogP contribution in [0.1, 0.15) is 5.56 Å². The van der Waals surface area contributed by atoms with Crippen LogP contribution in [0.5, 0.6) is 0 Å². The normalized spacial score (nSPS) is 11.2. The summed E-state index contributed by atoms with van der Waals surface area (Å²) in [6, 6.07) is 15.0. The average molecular weight is 438 g/mol. The number of hydrogen-bond acceptors (Lipinski definition) is 5. The zero-order valence-electron chi connectivity index (χ0n) is 15.7. The molecule has 0 radical (unpaired) electrons. The lowest BCUT2D eigenvalue weighted by Gasteiger charge is -2.01. The molecule has 0 saturated carbocycles. The SMILES string of the molecule is O=C(C=Cc1ccc(Cl)c([N+](=O)[O-])c1)Nc1ccc2oc(-c3cccc(F)c3)nc2c1. The van der Waals surface area contributed by atoms with E-state index in [2.05, 4.69) is 10.3 Å². The highest BCUT2D eigenvalue weighted by Gasteiger charge is 2.12. The molecule has 154 valence electrons. The molecular formula is C22H13ClFN3O4. The van der Waals surface area contributed by atoms with Gasteiger partial charge in [0, 0.05) is 23.4 Å². The Bertz CT molecular complexity index is 1350. The van der Waals surface area contributed by atoms with E-state index in [1.807, 2.05) is 0 Å². The largest absolute Gasteiger partial charge is 0.436 e. The van der Waals surface area contributed by atoms with Gasteiger partial charge in [-0.2, -0.15) is 0 Å². The van der Waals surface area contributed by atoms with Gasteiger partial charge in [-0.05, 0) is 54.1 Å². The lowest BCUT2D eigenvalue weighted by molar-refractivity contribution is -0.384. The topological polar surface area (TPSA) is 98.3 Å². The van der Waals surface area contributed by atoms with Crippen LogP contribution in [0.15, 0.2) is 71.2 Å². The van der Waals surface area contributed by atoms with Crippen LogP contribution in [0.3, 0.4) is 0 Å². The quantitative estimate of drug-likeness (QED) is 0.240. The van der Waals surface area contributed by atoms with Crippen LogP contribution in [0.4, 0.5) is 15.8 Å². The number of anilines is 1. The molecule has 4 rings (SSSR count). The molecule has 7 nitrogen and oxygen atoms in total. The molecule has 0 aliphatic heterocycles. The molecule has 1 aromatic heterocycles. The number of rotatable bonds is 5. The molecule has 1 heterocycles. The van der Waals surface area contributed by atoms with Gasteiger partial charge in [0.15, 0.2) is 5.58 Å². The van der Waals surface area contributed by atoms with Crippen LogP contribution in [0.25, 0.3) is 28.6 Å². The van der Waals surface area contributed by atoms with Crippen LogP contribution in [-0.2, 0) is 4.79 Å². The van der Waals surface area contributed by atoms with Gasteiger partial charge < -0.3 is 9.73 Å². The number of nitrogens with one attached hydrogen (secondary N) is 1. The molecule has 9 heteroatoms. The number of aromatic nitrogens is 1. The summed E-state index contributed by atoms with van der Waals surface area (Å²) in [7, 11) is 0. The smallest absolute Gasteiger partial charge is 0.288 e. The van der Waals surface area contributed by atoms with Crippen LogP contribution in [0, 0.1) is 15.9 Å². The van der Waals surface area contributed by atoms with Crippen LogP contribution in [-0.4, -0.2) is 15.8 Å². The third-order valence-corrected chi connectivity index (χ3v) is 4.64.